The van der Waals surface area contributed by atoms with Gasteiger partial charge in [0, 0.05) is 0 Å². The molecule has 4 rings (SSSR count). The summed E-state index contributed by atoms with van der Waals surface area (Å²) in [5, 5.41) is 0. The first-order valence-corrected chi connectivity index (χ1v) is 13.0. The molecule has 0 heterocycles. The molecule has 174 valence electrons. The number of aryl methyl sites for hydroxylation is 2. The molecule has 1 heteroatoms. The van der Waals surface area contributed by atoms with E-state index in [1.807, 2.05) is 12.1 Å². The van der Waals surface area contributed by atoms with E-state index in [1.54, 1.807) is 0 Å². The first-order valence-electron chi connectivity index (χ1n) is 13.0. The number of rotatable bonds is 9. The summed E-state index contributed by atoms with van der Waals surface area (Å²) in [4.78, 5) is 0. The van der Waals surface area contributed by atoms with E-state index < -0.39 is 0 Å². The Morgan fingerprint density at radius 3 is 2.18 bits per heavy atom. The minimum atomic E-state index is -0.00178. The Labute approximate surface area is 200 Å². The van der Waals surface area contributed by atoms with E-state index in [2.05, 4.69) is 74.5 Å². The van der Waals surface area contributed by atoms with Gasteiger partial charge in [0.15, 0.2) is 0 Å². The van der Waals surface area contributed by atoms with Gasteiger partial charge in [-0.2, -0.15) is 0 Å². The molecule has 33 heavy (non-hydrogen) atoms. The average molecular weight is 443 g/mol. The van der Waals surface area contributed by atoms with Crippen LogP contribution < -0.4 is 0 Å². The monoisotopic (exact) mass is 442 g/mol. The number of hydrogen-bond acceptors (Lipinski definition) is 0. The smallest absolute Gasteiger partial charge is 0.126 e. The van der Waals surface area contributed by atoms with Gasteiger partial charge >= 0.3 is 0 Å². The van der Waals surface area contributed by atoms with Crippen molar-refractivity contribution >= 4 is 0 Å². The fourth-order valence-corrected chi connectivity index (χ4v) is 5.54. The molecule has 0 nitrogen and oxygen atoms in total. The molecule has 1 atom stereocenters. The van der Waals surface area contributed by atoms with Gasteiger partial charge in [-0.25, -0.2) is 4.39 Å². The summed E-state index contributed by atoms with van der Waals surface area (Å²) < 4.78 is 14.4. The number of hydrogen-bond donors (Lipinski definition) is 0. The maximum Gasteiger partial charge on any atom is 0.126 e. The van der Waals surface area contributed by atoms with Crippen molar-refractivity contribution in [3.05, 3.63) is 106 Å². The summed E-state index contributed by atoms with van der Waals surface area (Å²) in [6.07, 6.45) is 10.3. The molecular weight excluding hydrogens is 403 g/mol. The van der Waals surface area contributed by atoms with Crippen LogP contribution in [0.2, 0.25) is 0 Å². The quantitative estimate of drug-likeness (QED) is 0.310. The minimum Gasteiger partial charge on any atom is -0.207 e. The van der Waals surface area contributed by atoms with Crippen molar-refractivity contribution in [2.24, 2.45) is 5.92 Å². The lowest BCUT2D eigenvalue weighted by atomic mass is 9.76. The molecule has 0 bridgehead atoms. The van der Waals surface area contributed by atoms with Crippen LogP contribution in [-0.2, 0) is 19.3 Å². The molecule has 0 saturated heterocycles. The lowest BCUT2D eigenvalue weighted by Gasteiger charge is -2.29. The van der Waals surface area contributed by atoms with Crippen LogP contribution in [0.1, 0.15) is 92.0 Å². The summed E-state index contributed by atoms with van der Waals surface area (Å²) in [7, 11) is 0. The van der Waals surface area contributed by atoms with Crippen molar-refractivity contribution in [1.82, 2.24) is 0 Å². The van der Waals surface area contributed by atoms with E-state index in [0.717, 1.165) is 30.7 Å². The van der Waals surface area contributed by atoms with Crippen LogP contribution in [0.3, 0.4) is 0 Å². The standard InChI is InChI=1S/C32H39F/c1-3-7-30-20-21-31(23-32(30)33)29-18-16-26(17-19-29)11-10-25-12-14-27(15-13-25)22-24(2)28-8-5-4-6-9-28/h4-6,8-9,12-15,20-21,23-24,26,29H,3,7,10-11,16-19,22H2,1-2H3/t24-,26?,29?/m0/s1. The Kier molecular flexibility index (Phi) is 8.37. The highest BCUT2D eigenvalue weighted by molar-refractivity contribution is 5.28. The fraction of sp³-hybridized carbons (Fsp3) is 0.438. The van der Waals surface area contributed by atoms with E-state index in [0.29, 0.717) is 11.8 Å². The van der Waals surface area contributed by atoms with E-state index in [4.69, 9.17) is 0 Å². The molecule has 1 aliphatic carbocycles. The molecule has 0 N–H and O–H groups in total. The SMILES string of the molecule is CCCc1ccc(C2CCC(CCc3ccc(C[C@H](C)c4ccccc4)cc3)CC2)cc1F. The third kappa shape index (κ3) is 6.56. The molecule has 0 radical (unpaired) electrons. The van der Waals surface area contributed by atoms with Crippen molar-refractivity contribution in [1.29, 1.82) is 0 Å². The van der Waals surface area contributed by atoms with E-state index in [9.17, 15) is 4.39 Å². The molecule has 0 aromatic heterocycles. The third-order valence-corrected chi connectivity index (χ3v) is 7.69. The van der Waals surface area contributed by atoms with Crippen LogP contribution in [0.25, 0.3) is 0 Å². The van der Waals surface area contributed by atoms with Gasteiger partial charge in [0.2, 0.25) is 0 Å². The van der Waals surface area contributed by atoms with Crippen LogP contribution in [-0.4, -0.2) is 0 Å². The Morgan fingerprint density at radius 2 is 1.52 bits per heavy atom. The maximum atomic E-state index is 14.4. The molecule has 0 unspecified atom stereocenters. The predicted molar refractivity (Wildman–Crippen MR) is 138 cm³/mol. The van der Waals surface area contributed by atoms with Crippen LogP contribution >= 0.6 is 0 Å². The molecular formula is C32H39F. The summed E-state index contributed by atoms with van der Waals surface area (Å²) >= 11 is 0. The molecule has 3 aromatic rings. The van der Waals surface area contributed by atoms with Crippen molar-refractivity contribution in [2.45, 2.75) is 83.5 Å². The van der Waals surface area contributed by atoms with Gasteiger partial charge in [0.1, 0.15) is 5.82 Å². The second-order valence-electron chi connectivity index (χ2n) is 10.2. The van der Waals surface area contributed by atoms with E-state index in [-0.39, 0.29) is 5.82 Å². The maximum absolute atomic E-state index is 14.4. The Morgan fingerprint density at radius 1 is 0.818 bits per heavy atom. The van der Waals surface area contributed by atoms with Crippen LogP contribution in [0.15, 0.2) is 72.8 Å². The normalized spacial score (nSPS) is 19.4. The zero-order chi connectivity index (χ0) is 23.0. The second-order valence-corrected chi connectivity index (χ2v) is 10.2. The molecule has 0 spiro atoms. The number of halogens is 1. The van der Waals surface area contributed by atoms with Gasteiger partial charge in [0.25, 0.3) is 0 Å². The summed E-state index contributed by atoms with van der Waals surface area (Å²) in [5.41, 5.74) is 6.38. The third-order valence-electron chi connectivity index (χ3n) is 7.69. The predicted octanol–water partition coefficient (Wildman–Crippen LogP) is 9.03. The summed E-state index contributed by atoms with van der Waals surface area (Å²) in [5.74, 6) is 1.89. The zero-order valence-corrected chi connectivity index (χ0v) is 20.4. The molecule has 1 aliphatic rings. The van der Waals surface area contributed by atoms with Crippen LogP contribution in [0.4, 0.5) is 4.39 Å². The highest BCUT2D eigenvalue weighted by atomic mass is 19.1. The molecule has 1 saturated carbocycles. The molecule has 3 aromatic carbocycles. The van der Waals surface area contributed by atoms with Gasteiger partial charge in [-0.3, -0.25) is 0 Å². The van der Waals surface area contributed by atoms with Gasteiger partial charge in [-0.1, -0.05) is 87.0 Å². The van der Waals surface area contributed by atoms with Crippen LogP contribution in [0.5, 0.6) is 0 Å². The van der Waals surface area contributed by atoms with Gasteiger partial charge in [0.05, 0.1) is 0 Å². The minimum absolute atomic E-state index is 0.00178. The summed E-state index contributed by atoms with van der Waals surface area (Å²) in [6.45, 7) is 4.42. The fourth-order valence-electron chi connectivity index (χ4n) is 5.54. The average Bonchev–Trinajstić information content (AvgIpc) is 2.86. The Balaban J connectivity index is 1.22. The van der Waals surface area contributed by atoms with Gasteiger partial charge in [-0.05, 0) is 103 Å². The van der Waals surface area contributed by atoms with Crippen LogP contribution in [0, 0.1) is 11.7 Å². The topological polar surface area (TPSA) is 0 Å². The van der Waals surface area contributed by atoms with Crippen molar-refractivity contribution in [3.63, 3.8) is 0 Å². The molecule has 0 aliphatic heterocycles. The second kappa shape index (κ2) is 11.6. The van der Waals surface area contributed by atoms with Gasteiger partial charge in [-0.15, -0.1) is 0 Å². The first-order chi connectivity index (χ1) is 16.1. The van der Waals surface area contributed by atoms with Crippen molar-refractivity contribution in [3.8, 4) is 0 Å². The van der Waals surface area contributed by atoms with Crippen molar-refractivity contribution in [2.75, 3.05) is 0 Å². The Hall–Kier alpha value is -2.41. The van der Waals surface area contributed by atoms with E-state index >= 15 is 0 Å². The number of benzene rings is 3. The molecule has 1 fully saturated rings. The van der Waals surface area contributed by atoms with Gasteiger partial charge < -0.3 is 0 Å². The highest BCUT2D eigenvalue weighted by Gasteiger charge is 2.23. The first kappa shape index (κ1) is 23.7. The lowest BCUT2D eigenvalue weighted by Crippen LogP contribution is -2.14. The summed E-state index contributed by atoms with van der Waals surface area (Å²) in [6, 6.07) is 26.1. The van der Waals surface area contributed by atoms with E-state index in [1.165, 1.54) is 60.8 Å². The zero-order valence-electron chi connectivity index (χ0n) is 20.4. The Bertz CT molecular complexity index is 981. The lowest BCUT2D eigenvalue weighted by molar-refractivity contribution is 0.310. The van der Waals surface area contributed by atoms with Crippen molar-refractivity contribution < 1.29 is 4.39 Å². The highest BCUT2D eigenvalue weighted by Crippen LogP contribution is 2.38. The molecule has 0 amide bonds. The largest absolute Gasteiger partial charge is 0.207 e.